The molecule has 0 bridgehead atoms. The lowest BCUT2D eigenvalue weighted by atomic mass is 10.0. The molecule has 0 radical (unpaired) electrons. The Morgan fingerprint density at radius 1 is 1.48 bits per heavy atom. The zero-order valence-corrected chi connectivity index (χ0v) is 14.7. The van der Waals surface area contributed by atoms with E-state index in [4.69, 9.17) is 4.74 Å². The van der Waals surface area contributed by atoms with Crippen LogP contribution >= 0.6 is 0 Å². The summed E-state index contributed by atoms with van der Waals surface area (Å²) in [6.45, 7) is 10.2. The molecular weight excluding hydrogens is 294 g/mol. The van der Waals surface area contributed by atoms with Gasteiger partial charge in [0, 0.05) is 31.7 Å². The third-order valence-electron chi connectivity index (χ3n) is 3.85. The molecule has 1 aliphatic heterocycles. The third-order valence-corrected chi connectivity index (χ3v) is 3.85. The van der Waals surface area contributed by atoms with Gasteiger partial charge in [0.15, 0.2) is 0 Å². The fraction of sp³-hybridized carbons (Fsp3) is 0.812. The molecule has 1 saturated heterocycles. The smallest absolute Gasteiger partial charge is 0.410 e. The van der Waals surface area contributed by atoms with Crippen molar-refractivity contribution in [3.8, 4) is 0 Å². The molecule has 2 atom stereocenters. The summed E-state index contributed by atoms with van der Waals surface area (Å²) < 4.78 is 7.31. The van der Waals surface area contributed by atoms with E-state index in [-0.39, 0.29) is 6.09 Å². The minimum absolute atomic E-state index is 0.209. The number of rotatable bonds is 5. The van der Waals surface area contributed by atoms with Gasteiger partial charge < -0.3 is 15.0 Å². The van der Waals surface area contributed by atoms with Crippen LogP contribution in [0.2, 0.25) is 0 Å². The Labute approximate surface area is 138 Å². The summed E-state index contributed by atoms with van der Waals surface area (Å²) in [6, 6.07) is 0.685. The Bertz CT molecular complexity index is 483. The molecule has 1 fully saturated rings. The minimum atomic E-state index is -0.442. The van der Waals surface area contributed by atoms with Crippen LogP contribution in [0.3, 0.4) is 0 Å². The van der Waals surface area contributed by atoms with E-state index in [1.54, 1.807) is 12.7 Å². The van der Waals surface area contributed by atoms with E-state index >= 15 is 0 Å². The van der Waals surface area contributed by atoms with Gasteiger partial charge in [0.05, 0.1) is 0 Å². The van der Waals surface area contributed by atoms with Crippen molar-refractivity contribution < 1.29 is 9.53 Å². The van der Waals surface area contributed by atoms with Gasteiger partial charge in [0.25, 0.3) is 0 Å². The van der Waals surface area contributed by atoms with Crippen molar-refractivity contribution in [3.05, 3.63) is 12.7 Å². The van der Waals surface area contributed by atoms with Crippen molar-refractivity contribution in [1.29, 1.82) is 0 Å². The highest BCUT2D eigenvalue weighted by molar-refractivity contribution is 5.68. The summed E-state index contributed by atoms with van der Waals surface area (Å²) in [6.07, 6.45) is 6.15. The summed E-state index contributed by atoms with van der Waals surface area (Å²) in [4.78, 5) is 17.9. The number of likely N-dealkylation sites (tertiary alicyclic amines) is 1. The monoisotopic (exact) mass is 323 g/mol. The van der Waals surface area contributed by atoms with Crippen LogP contribution in [0.15, 0.2) is 12.7 Å². The van der Waals surface area contributed by atoms with E-state index in [1.165, 1.54) is 0 Å². The number of nitrogens with one attached hydrogen (secondary N) is 1. The highest BCUT2D eigenvalue weighted by Gasteiger charge is 2.28. The number of carbonyl (C=O) groups is 1. The Balaban J connectivity index is 1.75. The SMILES string of the molecule is C[C@@H](CCn1cncn1)N[C@@H]1CCCN(C(=O)OC(C)(C)C)C1. The standard InChI is InChI=1S/C16H29N5O2/c1-13(7-9-21-12-17-11-18-21)19-14-6-5-8-20(10-14)15(22)23-16(2,3)4/h11-14,19H,5-10H2,1-4H3/t13-,14+/m0/s1. The van der Waals surface area contributed by atoms with Gasteiger partial charge in [-0.3, -0.25) is 4.68 Å². The van der Waals surface area contributed by atoms with Gasteiger partial charge in [0.2, 0.25) is 0 Å². The second kappa shape index (κ2) is 7.77. The lowest BCUT2D eigenvalue weighted by Gasteiger charge is -2.35. The number of aromatic nitrogens is 3. The molecule has 1 amide bonds. The lowest BCUT2D eigenvalue weighted by molar-refractivity contribution is 0.0183. The Hall–Kier alpha value is -1.63. The van der Waals surface area contributed by atoms with Crippen LogP contribution < -0.4 is 5.32 Å². The van der Waals surface area contributed by atoms with Crippen LogP contribution in [0.1, 0.15) is 47.0 Å². The topological polar surface area (TPSA) is 72.3 Å². The number of carbonyl (C=O) groups excluding carboxylic acids is 1. The van der Waals surface area contributed by atoms with E-state index in [9.17, 15) is 4.79 Å². The molecule has 2 heterocycles. The van der Waals surface area contributed by atoms with Crippen molar-refractivity contribution in [2.45, 2.75) is 71.2 Å². The highest BCUT2D eigenvalue weighted by Crippen LogP contribution is 2.16. The Kier molecular flexibility index (Phi) is 5.98. The molecule has 0 unspecified atom stereocenters. The number of piperidine rings is 1. The maximum Gasteiger partial charge on any atom is 0.410 e. The molecule has 7 nitrogen and oxygen atoms in total. The third kappa shape index (κ3) is 6.17. The predicted molar refractivity (Wildman–Crippen MR) is 88.1 cm³/mol. The number of aryl methyl sites for hydroxylation is 1. The van der Waals surface area contributed by atoms with Crippen molar-refractivity contribution in [2.75, 3.05) is 13.1 Å². The molecule has 1 aromatic heterocycles. The molecule has 130 valence electrons. The molecule has 0 saturated carbocycles. The molecular formula is C16H29N5O2. The zero-order chi connectivity index (χ0) is 16.9. The van der Waals surface area contributed by atoms with E-state index in [2.05, 4.69) is 22.3 Å². The maximum atomic E-state index is 12.2. The molecule has 1 aliphatic rings. The minimum Gasteiger partial charge on any atom is -0.444 e. The van der Waals surface area contributed by atoms with Crippen molar-refractivity contribution in [1.82, 2.24) is 25.0 Å². The van der Waals surface area contributed by atoms with Gasteiger partial charge in [-0.2, -0.15) is 5.10 Å². The number of ether oxygens (including phenoxy) is 1. The van der Waals surface area contributed by atoms with E-state index < -0.39 is 5.60 Å². The van der Waals surface area contributed by atoms with Gasteiger partial charge >= 0.3 is 6.09 Å². The maximum absolute atomic E-state index is 12.2. The summed E-state index contributed by atoms with van der Waals surface area (Å²) in [5.74, 6) is 0. The summed E-state index contributed by atoms with van der Waals surface area (Å²) in [5, 5.41) is 7.73. The zero-order valence-electron chi connectivity index (χ0n) is 14.7. The highest BCUT2D eigenvalue weighted by atomic mass is 16.6. The van der Waals surface area contributed by atoms with Crippen molar-refractivity contribution >= 4 is 6.09 Å². The first-order valence-electron chi connectivity index (χ1n) is 8.40. The summed E-state index contributed by atoms with van der Waals surface area (Å²) >= 11 is 0. The molecule has 2 rings (SSSR count). The van der Waals surface area contributed by atoms with Gasteiger partial charge in [-0.25, -0.2) is 9.78 Å². The first-order valence-corrected chi connectivity index (χ1v) is 8.40. The van der Waals surface area contributed by atoms with Crippen LogP contribution in [-0.4, -0.2) is 56.5 Å². The second-order valence-electron chi connectivity index (χ2n) is 7.28. The fourth-order valence-corrected chi connectivity index (χ4v) is 2.77. The quantitative estimate of drug-likeness (QED) is 0.898. The molecule has 0 aliphatic carbocycles. The molecule has 0 aromatic carbocycles. The fourth-order valence-electron chi connectivity index (χ4n) is 2.77. The molecule has 1 N–H and O–H groups in total. The van der Waals surface area contributed by atoms with Crippen molar-refractivity contribution in [3.63, 3.8) is 0 Å². The molecule has 0 spiro atoms. The molecule has 7 heteroatoms. The van der Waals surface area contributed by atoms with E-state index in [0.29, 0.717) is 18.6 Å². The van der Waals surface area contributed by atoms with Crippen LogP contribution in [-0.2, 0) is 11.3 Å². The average molecular weight is 323 g/mol. The van der Waals surface area contributed by atoms with Gasteiger partial charge in [0.1, 0.15) is 18.3 Å². The summed E-state index contributed by atoms with van der Waals surface area (Å²) in [7, 11) is 0. The first kappa shape index (κ1) is 17.7. The van der Waals surface area contributed by atoms with Crippen LogP contribution in [0.5, 0.6) is 0 Å². The van der Waals surface area contributed by atoms with E-state index in [1.807, 2.05) is 30.4 Å². The van der Waals surface area contributed by atoms with Gasteiger partial charge in [-0.15, -0.1) is 0 Å². The Morgan fingerprint density at radius 3 is 2.91 bits per heavy atom. The largest absolute Gasteiger partial charge is 0.444 e. The molecule has 1 aromatic rings. The van der Waals surface area contributed by atoms with Gasteiger partial charge in [-0.1, -0.05) is 0 Å². The number of hydrogen-bond donors (Lipinski definition) is 1. The molecule has 23 heavy (non-hydrogen) atoms. The van der Waals surface area contributed by atoms with Crippen LogP contribution in [0.4, 0.5) is 4.79 Å². The van der Waals surface area contributed by atoms with E-state index in [0.717, 1.165) is 32.4 Å². The Morgan fingerprint density at radius 2 is 2.26 bits per heavy atom. The van der Waals surface area contributed by atoms with Gasteiger partial charge in [-0.05, 0) is 47.0 Å². The van der Waals surface area contributed by atoms with Crippen LogP contribution in [0, 0.1) is 0 Å². The summed E-state index contributed by atoms with van der Waals surface area (Å²) in [5.41, 5.74) is -0.442. The number of hydrogen-bond acceptors (Lipinski definition) is 5. The lowest BCUT2D eigenvalue weighted by Crippen LogP contribution is -2.51. The average Bonchev–Trinajstić information content (AvgIpc) is 2.97. The first-order chi connectivity index (χ1) is 10.8. The van der Waals surface area contributed by atoms with Crippen LogP contribution in [0.25, 0.3) is 0 Å². The van der Waals surface area contributed by atoms with Crippen molar-refractivity contribution in [2.24, 2.45) is 0 Å². The number of amides is 1. The second-order valence-corrected chi connectivity index (χ2v) is 7.28. The predicted octanol–water partition coefficient (Wildman–Crippen LogP) is 2.05. The normalized spacial score (nSPS) is 20.3. The number of nitrogens with zero attached hydrogens (tertiary/aromatic N) is 4.